The van der Waals surface area contributed by atoms with Crippen LogP contribution in [0.3, 0.4) is 0 Å². The predicted molar refractivity (Wildman–Crippen MR) is 60.6 cm³/mol. The summed E-state index contributed by atoms with van der Waals surface area (Å²) in [5.74, 6) is 0.374. The van der Waals surface area contributed by atoms with Crippen LogP contribution in [0, 0.1) is 10.1 Å². The van der Waals surface area contributed by atoms with Gasteiger partial charge in [0.2, 0.25) is 0 Å². The minimum atomic E-state index is -0.400. The van der Waals surface area contributed by atoms with E-state index >= 15 is 0 Å². The Kier molecular flexibility index (Phi) is 2.60. The molecule has 0 bridgehead atoms. The largest absolute Gasteiger partial charge is 0.300 e. The zero-order valence-corrected chi connectivity index (χ0v) is 9.25. The molecule has 5 nitrogen and oxygen atoms in total. The Balaban J connectivity index is 2.49. The molecule has 0 radical (unpaired) electrons. The average Bonchev–Trinajstić information content (AvgIpc) is 2.70. The number of imidazole rings is 1. The van der Waals surface area contributed by atoms with Gasteiger partial charge in [-0.15, -0.1) is 0 Å². The highest BCUT2D eigenvalue weighted by Gasteiger charge is 2.11. The Morgan fingerprint density at radius 2 is 2.25 bits per heavy atom. The van der Waals surface area contributed by atoms with Gasteiger partial charge in [0.05, 0.1) is 16.8 Å². The monoisotopic (exact) mass is 219 g/mol. The molecule has 0 N–H and O–H groups in total. The van der Waals surface area contributed by atoms with Gasteiger partial charge in [-0.3, -0.25) is 14.5 Å². The van der Waals surface area contributed by atoms with Gasteiger partial charge in [0.15, 0.2) is 0 Å². The molecule has 0 fully saturated rings. The van der Waals surface area contributed by atoms with Crippen LogP contribution in [0.25, 0.3) is 5.65 Å². The number of aromatic nitrogens is 2. The Morgan fingerprint density at radius 3 is 2.88 bits per heavy atom. The van der Waals surface area contributed by atoms with Gasteiger partial charge in [-0.25, -0.2) is 4.98 Å². The molecular formula is C11H13N3O2. The number of pyridine rings is 1. The molecule has 2 aromatic heterocycles. The van der Waals surface area contributed by atoms with Crippen molar-refractivity contribution in [2.24, 2.45) is 0 Å². The Labute approximate surface area is 92.9 Å². The minimum Gasteiger partial charge on any atom is -0.300 e. The molecule has 5 heteroatoms. The Bertz CT molecular complexity index is 533. The average molecular weight is 219 g/mol. The Hall–Kier alpha value is -1.91. The van der Waals surface area contributed by atoms with Crippen LogP contribution >= 0.6 is 0 Å². The molecule has 0 saturated heterocycles. The summed E-state index contributed by atoms with van der Waals surface area (Å²) in [7, 11) is 0. The molecule has 0 amide bonds. The third-order valence-electron chi connectivity index (χ3n) is 2.78. The van der Waals surface area contributed by atoms with E-state index in [0.717, 1.165) is 17.8 Å². The number of rotatable bonds is 3. The van der Waals surface area contributed by atoms with Crippen LogP contribution in [0.4, 0.5) is 5.69 Å². The first-order valence-electron chi connectivity index (χ1n) is 5.25. The van der Waals surface area contributed by atoms with E-state index < -0.39 is 4.92 Å². The molecule has 2 rings (SSSR count). The van der Waals surface area contributed by atoms with E-state index in [1.54, 1.807) is 10.5 Å². The lowest BCUT2D eigenvalue weighted by Crippen LogP contribution is -1.90. The first-order chi connectivity index (χ1) is 7.61. The molecular weight excluding hydrogens is 206 g/mol. The van der Waals surface area contributed by atoms with E-state index in [-0.39, 0.29) is 5.69 Å². The van der Waals surface area contributed by atoms with E-state index in [0.29, 0.717) is 5.92 Å². The summed E-state index contributed by atoms with van der Waals surface area (Å²) < 4.78 is 1.71. The number of hydrogen-bond acceptors (Lipinski definition) is 3. The highest BCUT2D eigenvalue weighted by Crippen LogP contribution is 2.20. The molecule has 0 aliphatic rings. The number of hydrogen-bond donors (Lipinski definition) is 0. The molecule has 0 spiro atoms. The van der Waals surface area contributed by atoms with E-state index in [9.17, 15) is 10.1 Å². The van der Waals surface area contributed by atoms with Gasteiger partial charge in [0.25, 0.3) is 5.69 Å². The second kappa shape index (κ2) is 3.92. The van der Waals surface area contributed by atoms with E-state index in [4.69, 9.17) is 0 Å². The molecule has 0 saturated carbocycles. The van der Waals surface area contributed by atoms with Crippen molar-refractivity contribution in [1.82, 2.24) is 9.38 Å². The summed E-state index contributed by atoms with van der Waals surface area (Å²) in [6.07, 6.45) is 4.36. The van der Waals surface area contributed by atoms with Crippen LogP contribution in [0.1, 0.15) is 31.9 Å². The van der Waals surface area contributed by atoms with Crippen LogP contribution in [0.5, 0.6) is 0 Å². The SMILES string of the molecule is CCC(C)c1cn2cc([N+](=O)[O-])ccc2n1. The van der Waals surface area contributed by atoms with Crippen molar-refractivity contribution in [2.45, 2.75) is 26.2 Å². The molecule has 0 aliphatic carbocycles. The van der Waals surface area contributed by atoms with E-state index in [1.165, 1.54) is 12.3 Å². The molecule has 2 aromatic rings. The number of nitrogens with zero attached hydrogens (tertiary/aromatic N) is 3. The van der Waals surface area contributed by atoms with Gasteiger partial charge >= 0.3 is 0 Å². The first kappa shape index (κ1) is 10.6. The summed E-state index contributed by atoms with van der Waals surface area (Å²) in [5, 5.41) is 10.6. The zero-order chi connectivity index (χ0) is 11.7. The maximum Gasteiger partial charge on any atom is 0.286 e. The highest BCUT2D eigenvalue weighted by molar-refractivity contribution is 5.45. The third kappa shape index (κ3) is 1.76. The van der Waals surface area contributed by atoms with Gasteiger partial charge in [-0.05, 0) is 18.4 Å². The molecule has 0 aromatic carbocycles. The van der Waals surface area contributed by atoms with Crippen LogP contribution in [-0.2, 0) is 0 Å². The molecule has 16 heavy (non-hydrogen) atoms. The molecule has 1 unspecified atom stereocenters. The maximum absolute atomic E-state index is 10.6. The van der Waals surface area contributed by atoms with Crippen molar-refractivity contribution >= 4 is 11.3 Å². The van der Waals surface area contributed by atoms with E-state index in [1.807, 2.05) is 6.20 Å². The second-order valence-corrected chi connectivity index (χ2v) is 3.88. The summed E-state index contributed by atoms with van der Waals surface area (Å²) in [5.41, 5.74) is 1.81. The van der Waals surface area contributed by atoms with Crippen molar-refractivity contribution in [2.75, 3.05) is 0 Å². The molecule has 0 aliphatic heterocycles. The minimum absolute atomic E-state index is 0.0839. The second-order valence-electron chi connectivity index (χ2n) is 3.88. The lowest BCUT2D eigenvalue weighted by Gasteiger charge is -2.01. The number of nitro groups is 1. The summed E-state index contributed by atoms with van der Waals surface area (Å²) >= 11 is 0. The van der Waals surface area contributed by atoms with Crippen molar-refractivity contribution in [3.8, 4) is 0 Å². The summed E-state index contributed by atoms with van der Waals surface area (Å²) in [6, 6.07) is 3.15. The normalized spacial score (nSPS) is 12.9. The quantitative estimate of drug-likeness (QED) is 0.589. The third-order valence-corrected chi connectivity index (χ3v) is 2.78. The highest BCUT2D eigenvalue weighted by atomic mass is 16.6. The summed E-state index contributed by atoms with van der Waals surface area (Å²) in [6.45, 7) is 4.19. The molecule has 1 atom stereocenters. The van der Waals surface area contributed by atoms with Crippen molar-refractivity contribution in [3.05, 3.63) is 40.3 Å². The Morgan fingerprint density at radius 1 is 1.50 bits per heavy atom. The standard InChI is InChI=1S/C11H13N3O2/c1-3-8(2)10-7-13-6-9(14(15)16)4-5-11(13)12-10/h4-8H,3H2,1-2H3. The van der Waals surface area contributed by atoms with Crippen LogP contribution in [-0.4, -0.2) is 14.3 Å². The lowest BCUT2D eigenvalue weighted by molar-refractivity contribution is -0.385. The fraction of sp³-hybridized carbons (Fsp3) is 0.364. The van der Waals surface area contributed by atoms with Crippen LogP contribution in [0.15, 0.2) is 24.5 Å². The lowest BCUT2D eigenvalue weighted by atomic mass is 10.1. The van der Waals surface area contributed by atoms with Crippen LogP contribution in [0.2, 0.25) is 0 Å². The fourth-order valence-corrected chi connectivity index (χ4v) is 1.55. The topological polar surface area (TPSA) is 60.4 Å². The van der Waals surface area contributed by atoms with Gasteiger partial charge in [0.1, 0.15) is 5.65 Å². The zero-order valence-electron chi connectivity index (χ0n) is 9.25. The van der Waals surface area contributed by atoms with Gasteiger partial charge < -0.3 is 0 Å². The van der Waals surface area contributed by atoms with Gasteiger partial charge in [-0.1, -0.05) is 13.8 Å². The molecule has 84 valence electrons. The van der Waals surface area contributed by atoms with Crippen molar-refractivity contribution in [1.29, 1.82) is 0 Å². The van der Waals surface area contributed by atoms with E-state index in [2.05, 4.69) is 18.8 Å². The van der Waals surface area contributed by atoms with Crippen molar-refractivity contribution in [3.63, 3.8) is 0 Å². The summed E-state index contributed by atoms with van der Waals surface area (Å²) in [4.78, 5) is 14.6. The molecule has 2 heterocycles. The van der Waals surface area contributed by atoms with Crippen molar-refractivity contribution < 1.29 is 4.92 Å². The number of fused-ring (bicyclic) bond motifs is 1. The van der Waals surface area contributed by atoms with Gasteiger partial charge in [0, 0.05) is 12.3 Å². The fourth-order valence-electron chi connectivity index (χ4n) is 1.55. The maximum atomic E-state index is 10.6. The smallest absolute Gasteiger partial charge is 0.286 e. The van der Waals surface area contributed by atoms with Gasteiger partial charge in [-0.2, -0.15) is 0 Å². The van der Waals surface area contributed by atoms with Crippen LogP contribution < -0.4 is 0 Å². The predicted octanol–water partition coefficient (Wildman–Crippen LogP) is 2.76. The first-order valence-corrected chi connectivity index (χ1v) is 5.25.